The molecule has 4 aliphatic heterocycles. The van der Waals surface area contributed by atoms with Gasteiger partial charge in [-0.25, -0.2) is 12.7 Å². The first-order chi connectivity index (χ1) is 15.9. The molecule has 4 saturated heterocycles. The molecule has 0 N–H and O–H groups in total. The third-order valence-electron chi connectivity index (χ3n) is 8.25. The third kappa shape index (κ3) is 4.67. The number of hydrogen-bond donors (Lipinski definition) is 0. The summed E-state index contributed by atoms with van der Waals surface area (Å²) in [5.74, 6) is 0.890. The molecule has 4 heterocycles. The summed E-state index contributed by atoms with van der Waals surface area (Å²) in [4.78, 5) is 28.6. The number of carbonyl (C=O) groups is 1. The van der Waals surface area contributed by atoms with Crippen molar-refractivity contribution in [2.24, 2.45) is 17.8 Å². The summed E-state index contributed by atoms with van der Waals surface area (Å²) in [6.45, 7) is 3.75. The number of hydrazine groups is 1. The monoisotopic (exact) mass is 475 g/mol. The van der Waals surface area contributed by atoms with Gasteiger partial charge in [-0.15, -0.1) is 5.01 Å². The molecule has 1 aromatic rings. The number of amides is 1. The summed E-state index contributed by atoms with van der Waals surface area (Å²) >= 11 is 0. The molecule has 0 radical (unpaired) electrons. The largest absolute Gasteiger partial charge is 0.342 e. The number of sulfonamides is 1. The Kier molecular flexibility index (Phi) is 6.44. The van der Waals surface area contributed by atoms with Gasteiger partial charge in [-0.1, -0.05) is 30.3 Å². The second-order valence-electron chi connectivity index (χ2n) is 10.2. The predicted octanol–water partition coefficient (Wildman–Crippen LogP) is 2.26. The minimum absolute atomic E-state index is 0.00538. The average Bonchev–Trinajstić information content (AvgIpc) is 3.48. The highest BCUT2D eigenvalue weighted by Crippen LogP contribution is 2.40. The molecule has 0 spiro atoms. The van der Waals surface area contributed by atoms with E-state index < -0.39 is 10.0 Å². The quantitative estimate of drug-likeness (QED) is 0.610. The second-order valence-corrected chi connectivity index (χ2v) is 12.1. The molecule has 8 nitrogen and oxygen atoms in total. The molecule has 0 bridgehead atoms. The van der Waals surface area contributed by atoms with Crippen molar-refractivity contribution in [3.63, 3.8) is 0 Å². The lowest BCUT2D eigenvalue weighted by atomic mass is 9.75. The molecule has 0 aromatic heterocycles. The van der Waals surface area contributed by atoms with Crippen LogP contribution in [-0.2, 0) is 20.6 Å². The van der Waals surface area contributed by atoms with Crippen LogP contribution in [0.4, 0.5) is 0 Å². The van der Waals surface area contributed by atoms with Crippen LogP contribution in [0.5, 0.6) is 0 Å². The van der Waals surface area contributed by atoms with Crippen LogP contribution in [0.1, 0.15) is 44.1 Å². The second kappa shape index (κ2) is 9.33. The van der Waals surface area contributed by atoms with Crippen molar-refractivity contribution >= 4 is 15.9 Å². The first-order valence-corrected chi connectivity index (χ1v) is 14.0. The average molecular weight is 476 g/mol. The topological polar surface area (TPSA) is 81.0 Å². The van der Waals surface area contributed by atoms with Crippen LogP contribution in [0.3, 0.4) is 0 Å². The Morgan fingerprint density at radius 2 is 1.61 bits per heavy atom. The number of fused-ring (bicyclic) bond motifs is 1. The first-order valence-electron chi connectivity index (χ1n) is 12.4. The Bertz CT molecular complexity index is 971. The summed E-state index contributed by atoms with van der Waals surface area (Å²) in [7, 11) is -3.31. The molecule has 1 aromatic carbocycles. The van der Waals surface area contributed by atoms with Crippen molar-refractivity contribution in [2.75, 3.05) is 39.3 Å². The normalized spacial score (nSPS) is 29.5. The molecule has 4 fully saturated rings. The molecule has 4 aliphatic rings. The minimum atomic E-state index is -3.31. The van der Waals surface area contributed by atoms with E-state index in [1.807, 2.05) is 40.2 Å². The Hall–Kier alpha value is -2.00. The predicted molar refractivity (Wildman–Crippen MR) is 124 cm³/mol. The van der Waals surface area contributed by atoms with Gasteiger partial charge in [-0.3, -0.25) is 4.79 Å². The van der Waals surface area contributed by atoms with Crippen LogP contribution in [0.15, 0.2) is 30.3 Å². The number of likely N-dealkylation sites (tertiary alicyclic amines) is 1. The molecule has 5 rings (SSSR count). The summed E-state index contributed by atoms with van der Waals surface area (Å²) in [6.07, 6.45) is 5.64. The Balaban J connectivity index is 1.19. The maximum Gasteiger partial charge on any atom is 0.239 e. The van der Waals surface area contributed by atoms with Gasteiger partial charge in [0.15, 0.2) is 0 Å². The zero-order valence-corrected chi connectivity index (χ0v) is 20.0. The van der Waals surface area contributed by atoms with E-state index in [1.165, 1.54) is 0 Å². The number of hydrogen-bond acceptors (Lipinski definition) is 4. The number of carbonyl (C=O) groups excluding carboxylic acids is 1. The van der Waals surface area contributed by atoms with Gasteiger partial charge in [0, 0.05) is 26.2 Å². The summed E-state index contributed by atoms with van der Waals surface area (Å²) in [6, 6.07) is 9.35. The summed E-state index contributed by atoms with van der Waals surface area (Å²) in [5, 5.41) is 1.88. The molecule has 33 heavy (non-hydrogen) atoms. The van der Waals surface area contributed by atoms with E-state index >= 15 is 0 Å². The molecule has 1 amide bonds. The molecular formula is C24H35N4O4S+. The minimum Gasteiger partial charge on any atom is -0.342 e. The van der Waals surface area contributed by atoms with Gasteiger partial charge in [-0.05, 0) is 55.9 Å². The van der Waals surface area contributed by atoms with Gasteiger partial charge in [0.2, 0.25) is 22.5 Å². The van der Waals surface area contributed by atoms with Gasteiger partial charge in [0.05, 0.1) is 17.2 Å². The van der Waals surface area contributed by atoms with Crippen LogP contribution < -0.4 is 0 Å². The van der Waals surface area contributed by atoms with Gasteiger partial charge in [0.25, 0.3) is 0 Å². The Morgan fingerprint density at radius 1 is 0.939 bits per heavy atom. The molecule has 3 unspecified atom stereocenters. The van der Waals surface area contributed by atoms with Gasteiger partial charge in [-0.2, -0.15) is 0 Å². The molecule has 180 valence electrons. The van der Waals surface area contributed by atoms with Crippen molar-refractivity contribution in [1.82, 2.24) is 14.2 Å². The molecule has 0 aliphatic carbocycles. The van der Waals surface area contributed by atoms with Gasteiger partial charge >= 0.3 is 0 Å². The summed E-state index contributed by atoms with van der Waals surface area (Å²) < 4.78 is 27.5. The fraction of sp³-hybridized carbons (Fsp3) is 0.708. The number of piperidine rings is 2. The van der Waals surface area contributed by atoms with Crippen LogP contribution in [0.2, 0.25) is 0 Å². The van der Waals surface area contributed by atoms with Crippen molar-refractivity contribution in [2.45, 2.75) is 50.3 Å². The van der Waals surface area contributed by atoms with E-state index in [2.05, 4.69) is 0 Å². The van der Waals surface area contributed by atoms with Crippen LogP contribution >= 0.6 is 0 Å². The highest BCUT2D eigenvalue weighted by Gasteiger charge is 2.54. The molecule has 9 heteroatoms. The fourth-order valence-corrected chi connectivity index (χ4v) is 7.97. The number of benzene rings is 1. The number of nitrogens with zero attached hydrogens (tertiary/aromatic N) is 4. The lowest BCUT2D eigenvalue weighted by Gasteiger charge is -2.40. The van der Waals surface area contributed by atoms with E-state index in [1.54, 1.807) is 4.31 Å². The van der Waals surface area contributed by atoms with Crippen LogP contribution in [0, 0.1) is 22.7 Å². The first kappa shape index (κ1) is 22.8. The third-order valence-corrected chi connectivity index (χ3v) is 10.1. The number of rotatable bonds is 5. The van der Waals surface area contributed by atoms with E-state index in [4.69, 9.17) is 0 Å². The maximum absolute atomic E-state index is 13.1. The standard InChI is InChI=1S/C24H35N4O4S/c29-24(25-11-4-5-12-25)22-17-28(30)27-15-10-21(16-23(22)27)20-8-13-26(14-9-20)33(31,32)18-19-6-2-1-3-7-19/h1-3,6-7,20-23H,4-5,8-18H2/q+1. The van der Waals surface area contributed by atoms with E-state index in [-0.39, 0.29) is 30.2 Å². The smallest absolute Gasteiger partial charge is 0.239 e. The van der Waals surface area contributed by atoms with Crippen LogP contribution in [0.25, 0.3) is 0 Å². The van der Waals surface area contributed by atoms with Crippen molar-refractivity contribution in [3.8, 4) is 0 Å². The lowest BCUT2D eigenvalue weighted by Crippen LogP contribution is -2.49. The number of nitroso groups, excluding NO2 is 1. The molecule has 3 atom stereocenters. The zero-order chi connectivity index (χ0) is 23.0. The fourth-order valence-electron chi connectivity index (χ4n) is 6.40. The van der Waals surface area contributed by atoms with E-state index in [0.29, 0.717) is 31.5 Å². The van der Waals surface area contributed by atoms with Crippen LogP contribution in [-0.4, -0.2) is 78.7 Å². The van der Waals surface area contributed by atoms with Crippen molar-refractivity contribution in [3.05, 3.63) is 40.8 Å². The van der Waals surface area contributed by atoms with Crippen molar-refractivity contribution < 1.29 is 18.1 Å². The highest BCUT2D eigenvalue weighted by molar-refractivity contribution is 7.88. The summed E-state index contributed by atoms with van der Waals surface area (Å²) in [5.41, 5.74) is 0.823. The highest BCUT2D eigenvalue weighted by atomic mass is 32.2. The molecular weight excluding hydrogens is 440 g/mol. The Labute approximate surface area is 196 Å². The maximum atomic E-state index is 13.1. The van der Waals surface area contributed by atoms with Gasteiger partial charge in [0.1, 0.15) is 16.8 Å². The van der Waals surface area contributed by atoms with E-state index in [9.17, 15) is 18.1 Å². The Morgan fingerprint density at radius 3 is 2.30 bits per heavy atom. The molecule has 0 saturated carbocycles. The van der Waals surface area contributed by atoms with E-state index in [0.717, 1.165) is 62.0 Å². The SMILES string of the molecule is O=C(C1C[N+](=O)N2CCC(C3CCN(S(=O)(=O)Cc4ccccc4)CC3)CC12)N1CCCC1. The van der Waals surface area contributed by atoms with Crippen molar-refractivity contribution in [1.29, 1.82) is 0 Å². The lowest BCUT2D eigenvalue weighted by molar-refractivity contribution is -0.692. The van der Waals surface area contributed by atoms with Gasteiger partial charge < -0.3 is 4.90 Å². The zero-order valence-electron chi connectivity index (χ0n) is 19.2.